The number of benzene rings is 1. The van der Waals surface area contributed by atoms with Crippen molar-refractivity contribution in [1.82, 2.24) is 0 Å². The fourth-order valence-electron chi connectivity index (χ4n) is 3.18. The zero-order valence-electron chi connectivity index (χ0n) is 19.2. The number of ether oxygens (including phenoxy) is 7. The third kappa shape index (κ3) is 8.81. The maximum Gasteiger partial charge on any atom is 0.303 e. The van der Waals surface area contributed by atoms with E-state index in [-0.39, 0.29) is 19.8 Å². The van der Waals surface area contributed by atoms with Gasteiger partial charge in [0.15, 0.2) is 24.6 Å². The fourth-order valence-corrected chi connectivity index (χ4v) is 3.30. The van der Waals surface area contributed by atoms with E-state index in [1.54, 1.807) is 24.3 Å². The van der Waals surface area contributed by atoms with Crippen LogP contribution < -0.4 is 4.74 Å². The van der Waals surface area contributed by atoms with Gasteiger partial charge in [0.05, 0.1) is 6.61 Å². The van der Waals surface area contributed by atoms with Gasteiger partial charge < -0.3 is 33.2 Å². The number of hydrogen-bond donors (Lipinski definition) is 0. The lowest BCUT2D eigenvalue weighted by Gasteiger charge is -2.44. The zero-order chi connectivity index (χ0) is 25.3. The van der Waals surface area contributed by atoms with Crippen molar-refractivity contribution < 1.29 is 52.3 Å². The van der Waals surface area contributed by atoms with E-state index in [0.717, 1.165) is 20.8 Å². The molecule has 0 radical (unpaired) electrons. The monoisotopic (exact) mass is 502 g/mol. The summed E-state index contributed by atoms with van der Waals surface area (Å²) in [5.74, 6) is -2.20. The van der Waals surface area contributed by atoms with Crippen LogP contribution in [0.4, 0.5) is 0 Å². The second-order valence-corrected chi connectivity index (χ2v) is 7.68. The smallest absolute Gasteiger partial charge is 0.303 e. The Morgan fingerprint density at radius 1 is 0.794 bits per heavy atom. The number of hydrogen-bond acceptors (Lipinski definition) is 11. The van der Waals surface area contributed by atoms with Crippen molar-refractivity contribution in [1.29, 1.82) is 0 Å². The lowest BCUT2D eigenvalue weighted by Crippen LogP contribution is -2.63. The van der Waals surface area contributed by atoms with Gasteiger partial charge in [-0.2, -0.15) is 0 Å². The summed E-state index contributed by atoms with van der Waals surface area (Å²) in [6, 6.07) is 6.68. The second kappa shape index (κ2) is 13.1. The highest BCUT2D eigenvalue weighted by atomic mass is 35.5. The molecule has 0 aromatic heterocycles. The van der Waals surface area contributed by atoms with Crippen LogP contribution >= 0.6 is 11.6 Å². The van der Waals surface area contributed by atoms with Gasteiger partial charge in [0.2, 0.25) is 0 Å². The molecule has 0 unspecified atom stereocenters. The molecule has 0 N–H and O–H groups in total. The lowest BCUT2D eigenvalue weighted by molar-refractivity contribution is -0.308. The number of esters is 4. The first-order valence-corrected chi connectivity index (χ1v) is 10.7. The first-order valence-electron chi connectivity index (χ1n) is 10.4. The summed E-state index contributed by atoms with van der Waals surface area (Å²) in [7, 11) is 0. The highest BCUT2D eigenvalue weighted by Crippen LogP contribution is 2.30. The molecule has 1 aromatic rings. The molecule has 11 nitrogen and oxygen atoms in total. The zero-order valence-corrected chi connectivity index (χ0v) is 19.9. The largest absolute Gasteiger partial charge is 0.491 e. The molecule has 1 aliphatic rings. The van der Waals surface area contributed by atoms with Gasteiger partial charge in [-0.05, 0) is 24.3 Å². The Balaban J connectivity index is 2.20. The molecule has 12 heteroatoms. The molecule has 0 saturated carbocycles. The molecule has 1 saturated heterocycles. The van der Waals surface area contributed by atoms with Crippen LogP contribution in [0.3, 0.4) is 0 Å². The summed E-state index contributed by atoms with van der Waals surface area (Å²) >= 11 is 5.85. The van der Waals surface area contributed by atoms with E-state index in [1.807, 2.05) is 0 Å². The standard InChI is InChI=1S/C22H27ClO11/c1-12(24)30-11-18-19(31-13(2)25)20(32-14(3)26)21(33-15(4)27)22(34-18)29-10-9-28-17-7-5-16(23)6-8-17/h5-8,18-22H,9-11H2,1-4H3/t18-,19-,20+,21-,22-/m1/s1. The van der Waals surface area contributed by atoms with E-state index in [2.05, 4.69) is 0 Å². The van der Waals surface area contributed by atoms with E-state index in [1.165, 1.54) is 6.92 Å². The lowest BCUT2D eigenvalue weighted by atomic mass is 9.98. The molecule has 1 aliphatic heterocycles. The molecular weight excluding hydrogens is 476 g/mol. The molecule has 1 fully saturated rings. The van der Waals surface area contributed by atoms with E-state index < -0.39 is 54.6 Å². The van der Waals surface area contributed by atoms with Gasteiger partial charge in [-0.25, -0.2) is 0 Å². The second-order valence-electron chi connectivity index (χ2n) is 7.24. The van der Waals surface area contributed by atoms with Crippen LogP contribution in [0.2, 0.25) is 5.02 Å². The number of rotatable bonds is 10. The topological polar surface area (TPSA) is 133 Å². The van der Waals surface area contributed by atoms with Gasteiger partial charge in [0, 0.05) is 32.7 Å². The molecule has 0 amide bonds. The summed E-state index contributed by atoms with van der Waals surface area (Å²) in [5.41, 5.74) is 0. The average Bonchev–Trinajstić information content (AvgIpc) is 2.74. The van der Waals surface area contributed by atoms with Crippen LogP contribution in [0.25, 0.3) is 0 Å². The number of carbonyl (C=O) groups excluding carboxylic acids is 4. The Kier molecular flexibility index (Phi) is 10.6. The van der Waals surface area contributed by atoms with Gasteiger partial charge in [0.25, 0.3) is 0 Å². The van der Waals surface area contributed by atoms with Crippen LogP contribution in [-0.2, 0) is 47.6 Å². The minimum absolute atomic E-state index is 0.0175. The molecule has 1 heterocycles. The summed E-state index contributed by atoms with van der Waals surface area (Å²) in [6.07, 6.45) is -6.15. The highest BCUT2D eigenvalue weighted by molar-refractivity contribution is 6.30. The summed E-state index contributed by atoms with van der Waals surface area (Å²) in [5, 5.41) is 0.557. The molecule has 1 aromatic carbocycles. The summed E-state index contributed by atoms with van der Waals surface area (Å²) in [6.45, 7) is 4.37. The molecule has 2 rings (SSSR count). The summed E-state index contributed by atoms with van der Waals surface area (Å²) in [4.78, 5) is 46.6. The quantitative estimate of drug-likeness (QED) is 0.263. The van der Waals surface area contributed by atoms with Crippen molar-refractivity contribution in [2.45, 2.75) is 58.4 Å². The maximum atomic E-state index is 11.8. The minimum Gasteiger partial charge on any atom is -0.491 e. The van der Waals surface area contributed by atoms with Gasteiger partial charge in [-0.15, -0.1) is 0 Å². The van der Waals surface area contributed by atoms with E-state index in [4.69, 9.17) is 44.8 Å². The van der Waals surface area contributed by atoms with Crippen LogP contribution in [0.1, 0.15) is 27.7 Å². The van der Waals surface area contributed by atoms with Crippen LogP contribution in [-0.4, -0.2) is 74.4 Å². The molecular formula is C22H27ClO11. The predicted octanol–water partition coefficient (Wildman–Crippen LogP) is 1.82. The van der Waals surface area contributed by atoms with E-state index in [9.17, 15) is 19.2 Å². The van der Waals surface area contributed by atoms with E-state index in [0.29, 0.717) is 10.8 Å². The Morgan fingerprint density at radius 2 is 1.35 bits per heavy atom. The first-order chi connectivity index (χ1) is 16.1. The molecule has 34 heavy (non-hydrogen) atoms. The minimum atomic E-state index is -1.29. The predicted molar refractivity (Wildman–Crippen MR) is 115 cm³/mol. The van der Waals surface area contributed by atoms with Gasteiger partial charge in [-0.1, -0.05) is 11.6 Å². The van der Waals surface area contributed by atoms with Crippen molar-refractivity contribution >= 4 is 35.5 Å². The van der Waals surface area contributed by atoms with Crippen molar-refractivity contribution in [3.8, 4) is 5.75 Å². The van der Waals surface area contributed by atoms with Crippen molar-refractivity contribution in [3.63, 3.8) is 0 Å². The van der Waals surface area contributed by atoms with E-state index >= 15 is 0 Å². The van der Waals surface area contributed by atoms with Crippen LogP contribution in [0.5, 0.6) is 5.75 Å². The number of carbonyl (C=O) groups is 4. The first kappa shape index (κ1) is 27.4. The summed E-state index contributed by atoms with van der Waals surface area (Å²) < 4.78 is 38.1. The van der Waals surface area contributed by atoms with Crippen molar-refractivity contribution in [2.75, 3.05) is 19.8 Å². The Bertz CT molecular complexity index is 857. The van der Waals surface area contributed by atoms with Gasteiger partial charge in [-0.3, -0.25) is 19.2 Å². The molecule has 0 bridgehead atoms. The number of halogens is 1. The Hall–Kier alpha value is -2.89. The van der Waals surface area contributed by atoms with Crippen LogP contribution in [0, 0.1) is 0 Å². The highest BCUT2D eigenvalue weighted by Gasteiger charge is 2.52. The SMILES string of the molecule is CC(=O)OC[C@H]1O[C@@H](OCCOc2ccc(Cl)cc2)[C@H](OC(C)=O)[C@@H](OC(C)=O)[C@@H]1OC(C)=O. The molecule has 0 spiro atoms. The van der Waals surface area contributed by atoms with Crippen molar-refractivity contribution in [2.24, 2.45) is 0 Å². The molecule has 188 valence electrons. The van der Waals surface area contributed by atoms with Gasteiger partial charge >= 0.3 is 23.9 Å². The van der Waals surface area contributed by atoms with Crippen LogP contribution in [0.15, 0.2) is 24.3 Å². The normalized spacial score (nSPS) is 24.0. The van der Waals surface area contributed by atoms with Gasteiger partial charge in [0.1, 0.15) is 25.1 Å². The average molecular weight is 503 g/mol. The Labute approximate surface area is 201 Å². The third-order valence-corrected chi connectivity index (χ3v) is 4.65. The molecule has 0 aliphatic carbocycles. The molecule has 5 atom stereocenters. The van der Waals surface area contributed by atoms with Crippen molar-refractivity contribution in [3.05, 3.63) is 29.3 Å². The third-order valence-electron chi connectivity index (χ3n) is 4.40. The fraction of sp³-hybridized carbons (Fsp3) is 0.545. The maximum absolute atomic E-state index is 11.8. The Morgan fingerprint density at radius 3 is 1.91 bits per heavy atom.